The van der Waals surface area contributed by atoms with Gasteiger partial charge in [0.05, 0.1) is 12.2 Å². The van der Waals surface area contributed by atoms with Gasteiger partial charge in [0.2, 0.25) is 0 Å². The normalized spacial score (nSPS) is 44.5. The van der Waals surface area contributed by atoms with Crippen LogP contribution < -0.4 is 0 Å². The Labute approximate surface area is 74.3 Å². The smallest absolute Gasteiger partial charge is 0.174 e. The maximum Gasteiger partial charge on any atom is 0.174 e. The van der Waals surface area contributed by atoms with Crippen LogP contribution in [0.3, 0.4) is 0 Å². The topological polar surface area (TPSA) is 18.5 Å². The van der Waals surface area contributed by atoms with Gasteiger partial charge in [0.1, 0.15) is 6.19 Å². The van der Waals surface area contributed by atoms with E-state index in [0.29, 0.717) is 12.2 Å². The Hall–Kier alpha value is -0.275. The zero-order valence-electron chi connectivity index (χ0n) is 7.53. The highest BCUT2D eigenvalue weighted by molar-refractivity contribution is 6.10. The molecule has 1 saturated heterocycles. The molecule has 2 unspecified atom stereocenters. The third-order valence-corrected chi connectivity index (χ3v) is 2.55. The monoisotopic (exact) mass is 166 g/mol. The van der Waals surface area contributed by atoms with Crippen molar-refractivity contribution in [2.45, 2.75) is 44.1 Å². The fourth-order valence-electron chi connectivity index (χ4n) is 1.96. The minimum Gasteiger partial charge on any atom is -0.356 e. The summed E-state index contributed by atoms with van der Waals surface area (Å²) in [6, 6.07) is 0. The van der Waals surface area contributed by atoms with Crippen molar-refractivity contribution < 1.29 is 9.47 Å². The predicted molar refractivity (Wildman–Crippen MR) is 49.7 cm³/mol. The summed E-state index contributed by atoms with van der Waals surface area (Å²) in [5, 5.41) is 0. The molecule has 0 N–H and O–H groups in total. The Morgan fingerprint density at radius 3 is 2.00 bits per heavy atom. The highest BCUT2D eigenvalue weighted by Crippen LogP contribution is 2.26. The molecule has 1 aliphatic heterocycles. The molecule has 1 aliphatic carbocycles. The van der Waals surface area contributed by atoms with Crippen molar-refractivity contribution >= 4 is 7.85 Å². The summed E-state index contributed by atoms with van der Waals surface area (Å²) in [6.45, 7) is 0. The standard InChI is InChI=1S/C9H15BO2/c10-9-11-7-5-3-1-2-4-6-8(7)12-9/h1-2,7-9H,3-6,10H2/b2-1+. The zero-order valence-corrected chi connectivity index (χ0v) is 7.53. The fourth-order valence-corrected chi connectivity index (χ4v) is 1.96. The van der Waals surface area contributed by atoms with Crippen LogP contribution in [-0.2, 0) is 9.47 Å². The number of ether oxygens (including phenoxy) is 2. The van der Waals surface area contributed by atoms with Crippen LogP contribution in [0.5, 0.6) is 0 Å². The second-order valence-corrected chi connectivity index (χ2v) is 3.54. The lowest BCUT2D eigenvalue weighted by molar-refractivity contribution is -0.00270. The van der Waals surface area contributed by atoms with Crippen LogP contribution in [0.4, 0.5) is 0 Å². The first-order valence-electron chi connectivity index (χ1n) is 4.82. The largest absolute Gasteiger partial charge is 0.356 e. The number of hydrogen-bond acceptors (Lipinski definition) is 2. The molecule has 0 aromatic heterocycles. The molecule has 2 atom stereocenters. The zero-order chi connectivity index (χ0) is 8.39. The van der Waals surface area contributed by atoms with E-state index in [1.165, 1.54) is 0 Å². The minimum atomic E-state index is 0.0121. The van der Waals surface area contributed by atoms with E-state index >= 15 is 0 Å². The molecule has 0 aromatic carbocycles. The molecule has 2 aliphatic rings. The lowest BCUT2D eigenvalue weighted by Crippen LogP contribution is -2.22. The van der Waals surface area contributed by atoms with Crippen molar-refractivity contribution in [2.24, 2.45) is 0 Å². The van der Waals surface area contributed by atoms with Crippen molar-refractivity contribution in [3.05, 3.63) is 12.2 Å². The molecule has 12 heavy (non-hydrogen) atoms. The molecule has 0 aromatic rings. The van der Waals surface area contributed by atoms with Crippen LogP contribution in [0.15, 0.2) is 12.2 Å². The van der Waals surface area contributed by atoms with Crippen molar-refractivity contribution in [2.75, 3.05) is 0 Å². The van der Waals surface area contributed by atoms with Crippen LogP contribution in [0, 0.1) is 0 Å². The molecule has 0 bridgehead atoms. The number of allylic oxidation sites excluding steroid dienone is 2. The van der Waals surface area contributed by atoms with Crippen LogP contribution >= 0.6 is 0 Å². The summed E-state index contributed by atoms with van der Waals surface area (Å²) in [5.41, 5.74) is 0. The Kier molecular flexibility index (Phi) is 2.52. The highest BCUT2D eigenvalue weighted by atomic mass is 16.7. The number of hydrogen-bond donors (Lipinski definition) is 0. The Morgan fingerprint density at radius 1 is 1.00 bits per heavy atom. The van der Waals surface area contributed by atoms with Crippen molar-refractivity contribution in [1.29, 1.82) is 0 Å². The van der Waals surface area contributed by atoms with E-state index in [1.807, 2.05) is 7.85 Å². The van der Waals surface area contributed by atoms with Crippen molar-refractivity contribution in [3.8, 4) is 0 Å². The quantitative estimate of drug-likeness (QED) is 0.391. The summed E-state index contributed by atoms with van der Waals surface area (Å²) in [7, 11) is 1.98. The van der Waals surface area contributed by atoms with E-state index in [9.17, 15) is 0 Å². The Bertz CT molecular complexity index is 163. The third-order valence-electron chi connectivity index (χ3n) is 2.55. The van der Waals surface area contributed by atoms with E-state index in [1.54, 1.807) is 0 Å². The first kappa shape index (κ1) is 8.33. The molecule has 66 valence electrons. The maximum atomic E-state index is 5.64. The molecular formula is C9H15BO2. The molecule has 0 spiro atoms. The van der Waals surface area contributed by atoms with E-state index in [0.717, 1.165) is 25.7 Å². The summed E-state index contributed by atoms with van der Waals surface area (Å²) < 4.78 is 11.3. The predicted octanol–water partition coefficient (Wildman–Crippen LogP) is 0.817. The maximum absolute atomic E-state index is 5.64. The summed E-state index contributed by atoms with van der Waals surface area (Å²) in [6.07, 6.45) is 9.73. The summed E-state index contributed by atoms with van der Waals surface area (Å²) >= 11 is 0. The third kappa shape index (κ3) is 1.72. The van der Waals surface area contributed by atoms with Gasteiger partial charge in [0.25, 0.3) is 0 Å². The van der Waals surface area contributed by atoms with Crippen molar-refractivity contribution in [3.63, 3.8) is 0 Å². The molecule has 2 nitrogen and oxygen atoms in total. The minimum absolute atomic E-state index is 0.0121. The SMILES string of the molecule is BC1OC2CC/C=C/CCC2O1. The first-order chi connectivity index (χ1) is 5.86. The Morgan fingerprint density at radius 2 is 1.50 bits per heavy atom. The van der Waals surface area contributed by atoms with Crippen LogP contribution in [0.2, 0.25) is 0 Å². The molecular weight excluding hydrogens is 151 g/mol. The van der Waals surface area contributed by atoms with Gasteiger partial charge in [-0.2, -0.15) is 0 Å². The molecule has 1 fully saturated rings. The lowest BCUT2D eigenvalue weighted by atomic mass is 10.0. The molecule has 0 amide bonds. The van der Waals surface area contributed by atoms with Gasteiger partial charge < -0.3 is 9.47 Å². The number of fused-ring (bicyclic) bond motifs is 1. The van der Waals surface area contributed by atoms with E-state index in [2.05, 4.69) is 12.2 Å². The first-order valence-corrected chi connectivity index (χ1v) is 4.82. The molecule has 0 radical (unpaired) electrons. The van der Waals surface area contributed by atoms with Crippen LogP contribution in [0.1, 0.15) is 25.7 Å². The van der Waals surface area contributed by atoms with Gasteiger partial charge in [0.15, 0.2) is 7.85 Å². The second kappa shape index (κ2) is 3.63. The van der Waals surface area contributed by atoms with Gasteiger partial charge in [-0.15, -0.1) is 0 Å². The van der Waals surface area contributed by atoms with Gasteiger partial charge in [-0.25, -0.2) is 0 Å². The molecule has 3 heteroatoms. The lowest BCUT2D eigenvalue weighted by Gasteiger charge is -2.16. The molecule has 0 saturated carbocycles. The van der Waals surface area contributed by atoms with Gasteiger partial charge >= 0.3 is 0 Å². The van der Waals surface area contributed by atoms with Gasteiger partial charge in [0, 0.05) is 0 Å². The highest BCUT2D eigenvalue weighted by Gasteiger charge is 2.32. The van der Waals surface area contributed by atoms with E-state index in [-0.39, 0.29) is 6.19 Å². The van der Waals surface area contributed by atoms with Gasteiger partial charge in [-0.05, 0) is 25.7 Å². The van der Waals surface area contributed by atoms with Gasteiger partial charge in [-0.3, -0.25) is 0 Å². The average Bonchev–Trinajstić information content (AvgIpc) is 2.32. The molecule has 1 heterocycles. The fraction of sp³-hybridized carbons (Fsp3) is 0.778. The number of rotatable bonds is 0. The van der Waals surface area contributed by atoms with Crippen molar-refractivity contribution in [1.82, 2.24) is 0 Å². The average molecular weight is 166 g/mol. The van der Waals surface area contributed by atoms with Crippen LogP contribution in [-0.4, -0.2) is 26.2 Å². The second-order valence-electron chi connectivity index (χ2n) is 3.54. The van der Waals surface area contributed by atoms with E-state index < -0.39 is 0 Å². The summed E-state index contributed by atoms with van der Waals surface area (Å²) in [5.74, 6) is 0. The van der Waals surface area contributed by atoms with Crippen LogP contribution in [0.25, 0.3) is 0 Å². The van der Waals surface area contributed by atoms with E-state index in [4.69, 9.17) is 9.47 Å². The molecule has 2 rings (SSSR count). The summed E-state index contributed by atoms with van der Waals surface area (Å²) in [4.78, 5) is 0. The van der Waals surface area contributed by atoms with Gasteiger partial charge in [-0.1, -0.05) is 12.2 Å². The Balaban J connectivity index is 1.98.